The second kappa shape index (κ2) is 6.33. The molecule has 0 atom stereocenters. The Morgan fingerprint density at radius 1 is 1.33 bits per heavy atom. The lowest BCUT2D eigenvalue weighted by molar-refractivity contribution is -0.138. The molecule has 0 aliphatic heterocycles. The highest BCUT2D eigenvalue weighted by atomic mass is 79.9. The first-order chi connectivity index (χ1) is 8.34. The lowest BCUT2D eigenvalue weighted by atomic mass is 10.0. The van der Waals surface area contributed by atoms with Gasteiger partial charge in [-0.05, 0) is 24.1 Å². The van der Waals surface area contributed by atoms with Crippen molar-refractivity contribution in [1.29, 1.82) is 0 Å². The normalized spacial score (nSPS) is 11.6. The van der Waals surface area contributed by atoms with Gasteiger partial charge >= 0.3 is 6.18 Å². The first kappa shape index (κ1) is 15.2. The van der Waals surface area contributed by atoms with E-state index in [0.29, 0.717) is 12.0 Å². The van der Waals surface area contributed by atoms with Gasteiger partial charge in [0.1, 0.15) is 5.78 Å². The van der Waals surface area contributed by atoms with Gasteiger partial charge in [-0.1, -0.05) is 22.0 Å². The number of halogens is 4. The van der Waals surface area contributed by atoms with Crippen LogP contribution in [0.3, 0.4) is 0 Å². The average molecular weight is 325 g/mol. The average Bonchev–Trinajstić information content (AvgIpc) is 2.27. The Balaban J connectivity index is 2.83. The van der Waals surface area contributed by atoms with Crippen molar-refractivity contribution >= 4 is 21.7 Å². The largest absolute Gasteiger partial charge is 0.417 e. The monoisotopic (exact) mass is 324 g/mol. The standard InChI is InChI=1S/C12H12BrF3O2/c13-11-4-3-8(6-9(18)2-1-5-17)7-10(11)12(14,15)16/h3-4,7,17H,1-2,5-6H2. The summed E-state index contributed by atoms with van der Waals surface area (Å²) in [4.78, 5) is 11.4. The number of alkyl halides is 3. The number of Topliss-reactive ketones (excluding diaryl/α,β-unsaturated/α-hetero) is 1. The summed E-state index contributed by atoms with van der Waals surface area (Å²) in [7, 11) is 0. The Kier molecular flexibility index (Phi) is 5.34. The summed E-state index contributed by atoms with van der Waals surface area (Å²) in [6, 6.07) is 3.74. The third kappa shape index (κ3) is 4.42. The second-order valence-electron chi connectivity index (χ2n) is 3.85. The van der Waals surface area contributed by atoms with Gasteiger partial charge in [0.05, 0.1) is 5.56 Å². The predicted molar refractivity (Wildman–Crippen MR) is 64.2 cm³/mol. The molecule has 0 saturated heterocycles. The van der Waals surface area contributed by atoms with E-state index in [0.717, 1.165) is 6.07 Å². The van der Waals surface area contributed by atoms with Gasteiger partial charge in [-0.15, -0.1) is 0 Å². The molecular weight excluding hydrogens is 313 g/mol. The Morgan fingerprint density at radius 2 is 2.00 bits per heavy atom. The molecule has 0 fully saturated rings. The SMILES string of the molecule is O=C(CCCO)Cc1ccc(Br)c(C(F)(F)F)c1. The van der Waals surface area contributed by atoms with Crippen LogP contribution in [0, 0.1) is 0 Å². The summed E-state index contributed by atoms with van der Waals surface area (Å²) in [6.07, 6.45) is -3.98. The number of rotatable bonds is 5. The minimum atomic E-state index is -4.44. The maximum atomic E-state index is 12.6. The molecule has 1 aromatic carbocycles. The number of carbonyl (C=O) groups is 1. The van der Waals surface area contributed by atoms with Gasteiger partial charge in [-0.25, -0.2) is 0 Å². The van der Waals surface area contributed by atoms with Gasteiger partial charge in [-0.2, -0.15) is 13.2 Å². The highest BCUT2D eigenvalue weighted by Crippen LogP contribution is 2.35. The minimum Gasteiger partial charge on any atom is -0.396 e. The van der Waals surface area contributed by atoms with E-state index in [4.69, 9.17) is 5.11 Å². The molecule has 0 spiro atoms. The minimum absolute atomic E-state index is 0.0402. The van der Waals surface area contributed by atoms with Crippen LogP contribution < -0.4 is 0 Å². The van der Waals surface area contributed by atoms with E-state index in [-0.39, 0.29) is 29.7 Å². The van der Waals surface area contributed by atoms with Crippen molar-refractivity contribution in [1.82, 2.24) is 0 Å². The van der Waals surface area contributed by atoms with Crippen LogP contribution in [0.5, 0.6) is 0 Å². The molecule has 0 bridgehead atoms. The highest BCUT2D eigenvalue weighted by Gasteiger charge is 2.33. The van der Waals surface area contributed by atoms with Crippen LogP contribution in [-0.4, -0.2) is 17.5 Å². The first-order valence-corrected chi connectivity index (χ1v) is 6.12. The number of hydrogen-bond donors (Lipinski definition) is 1. The molecule has 1 N–H and O–H groups in total. The van der Waals surface area contributed by atoms with Gasteiger partial charge < -0.3 is 5.11 Å². The van der Waals surface area contributed by atoms with Crippen molar-refractivity contribution in [3.63, 3.8) is 0 Å². The molecule has 0 saturated carbocycles. The Bertz CT molecular complexity index is 430. The van der Waals surface area contributed by atoms with Crippen LogP contribution >= 0.6 is 15.9 Å². The van der Waals surface area contributed by atoms with E-state index in [1.54, 1.807) is 0 Å². The van der Waals surface area contributed by atoms with Crippen molar-refractivity contribution in [3.8, 4) is 0 Å². The van der Waals surface area contributed by atoms with E-state index in [1.165, 1.54) is 12.1 Å². The van der Waals surface area contributed by atoms with Crippen molar-refractivity contribution in [2.24, 2.45) is 0 Å². The van der Waals surface area contributed by atoms with Crippen LogP contribution in [0.1, 0.15) is 24.0 Å². The Labute approximate surface area is 111 Å². The van der Waals surface area contributed by atoms with Crippen LogP contribution in [0.4, 0.5) is 13.2 Å². The summed E-state index contributed by atoms with van der Waals surface area (Å²) in [5.41, 5.74) is -0.455. The second-order valence-corrected chi connectivity index (χ2v) is 4.71. The number of benzene rings is 1. The topological polar surface area (TPSA) is 37.3 Å². The predicted octanol–water partition coefficient (Wildman–Crippen LogP) is 3.35. The zero-order valence-electron chi connectivity index (χ0n) is 9.43. The van der Waals surface area contributed by atoms with Crippen molar-refractivity contribution < 1.29 is 23.1 Å². The Morgan fingerprint density at radius 3 is 2.56 bits per heavy atom. The molecule has 0 aliphatic rings. The van der Waals surface area contributed by atoms with Gasteiger partial charge in [0.2, 0.25) is 0 Å². The Hall–Kier alpha value is -0.880. The molecule has 100 valence electrons. The fourth-order valence-corrected chi connectivity index (χ4v) is 1.96. The number of carbonyl (C=O) groups excluding carboxylic acids is 1. The lowest BCUT2D eigenvalue weighted by Gasteiger charge is -2.10. The van der Waals surface area contributed by atoms with Gasteiger partial charge in [0.25, 0.3) is 0 Å². The smallest absolute Gasteiger partial charge is 0.396 e. The maximum absolute atomic E-state index is 12.6. The van der Waals surface area contributed by atoms with Crippen LogP contribution in [0.15, 0.2) is 22.7 Å². The van der Waals surface area contributed by atoms with Crippen molar-refractivity contribution in [3.05, 3.63) is 33.8 Å². The van der Waals surface area contributed by atoms with E-state index in [1.807, 2.05) is 0 Å². The summed E-state index contributed by atoms with van der Waals surface area (Å²) in [5, 5.41) is 8.56. The zero-order valence-corrected chi connectivity index (χ0v) is 11.0. The third-order valence-electron chi connectivity index (χ3n) is 2.35. The van der Waals surface area contributed by atoms with Gasteiger partial charge in [0, 0.05) is 23.9 Å². The summed E-state index contributed by atoms with van der Waals surface area (Å²) >= 11 is 2.84. The summed E-state index contributed by atoms with van der Waals surface area (Å²) < 4.78 is 37.8. The molecule has 1 rings (SSSR count). The number of ketones is 1. The lowest BCUT2D eigenvalue weighted by Crippen LogP contribution is -2.09. The molecule has 0 aromatic heterocycles. The molecular formula is C12H12BrF3O2. The molecule has 0 heterocycles. The van der Waals surface area contributed by atoms with Crippen LogP contribution in [0.2, 0.25) is 0 Å². The van der Waals surface area contributed by atoms with E-state index in [2.05, 4.69) is 15.9 Å². The number of aliphatic hydroxyl groups is 1. The third-order valence-corrected chi connectivity index (χ3v) is 3.04. The van der Waals surface area contributed by atoms with Crippen molar-refractivity contribution in [2.75, 3.05) is 6.61 Å². The molecule has 0 amide bonds. The van der Waals surface area contributed by atoms with Crippen molar-refractivity contribution in [2.45, 2.75) is 25.4 Å². The van der Waals surface area contributed by atoms with Crippen LogP contribution in [-0.2, 0) is 17.4 Å². The molecule has 0 unspecified atom stereocenters. The van der Waals surface area contributed by atoms with E-state index in [9.17, 15) is 18.0 Å². The maximum Gasteiger partial charge on any atom is 0.417 e. The quantitative estimate of drug-likeness (QED) is 0.901. The molecule has 0 aliphatic carbocycles. The zero-order chi connectivity index (χ0) is 13.8. The number of aliphatic hydroxyl groups excluding tert-OH is 1. The van der Waals surface area contributed by atoms with Gasteiger partial charge in [-0.3, -0.25) is 4.79 Å². The first-order valence-electron chi connectivity index (χ1n) is 5.32. The summed E-state index contributed by atoms with van der Waals surface area (Å²) in [5.74, 6) is -0.181. The highest BCUT2D eigenvalue weighted by molar-refractivity contribution is 9.10. The van der Waals surface area contributed by atoms with E-state index < -0.39 is 11.7 Å². The van der Waals surface area contributed by atoms with E-state index >= 15 is 0 Å². The molecule has 1 aromatic rings. The molecule has 18 heavy (non-hydrogen) atoms. The fourth-order valence-electron chi connectivity index (χ4n) is 1.49. The number of hydrogen-bond acceptors (Lipinski definition) is 2. The van der Waals surface area contributed by atoms with Crippen LogP contribution in [0.25, 0.3) is 0 Å². The fraction of sp³-hybridized carbons (Fsp3) is 0.417. The molecule has 0 radical (unpaired) electrons. The molecule has 2 nitrogen and oxygen atoms in total. The summed E-state index contributed by atoms with van der Waals surface area (Å²) in [6.45, 7) is -0.0973. The molecule has 6 heteroatoms. The van der Waals surface area contributed by atoms with Gasteiger partial charge in [0.15, 0.2) is 0 Å².